The molecule has 0 N–H and O–H groups in total. The van der Waals surface area contributed by atoms with Gasteiger partial charge in [0.2, 0.25) is 0 Å². The highest BCUT2D eigenvalue weighted by atomic mass is 15.1. The molecule has 0 unspecified atom stereocenters. The molecule has 0 saturated carbocycles. The summed E-state index contributed by atoms with van der Waals surface area (Å²) in [5.74, 6) is 0.733. The molecule has 43 heavy (non-hydrogen) atoms. The van der Waals surface area contributed by atoms with Gasteiger partial charge in [0.1, 0.15) is 5.82 Å². The summed E-state index contributed by atoms with van der Waals surface area (Å²) < 4.78 is 38.7. The summed E-state index contributed by atoms with van der Waals surface area (Å²) in [5, 5.41) is 6.06. The Morgan fingerprint density at radius 1 is 0.535 bits per heavy atom. The average Bonchev–Trinajstić information content (AvgIpc) is 3.42. The molecule has 4 heteroatoms. The molecule has 0 aliphatic heterocycles. The highest BCUT2D eigenvalue weighted by molar-refractivity contribution is 6.14. The Balaban J connectivity index is 1.35. The van der Waals surface area contributed by atoms with Gasteiger partial charge < -0.3 is 0 Å². The Kier molecular flexibility index (Phi) is 4.36. The molecule has 0 saturated heterocycles. The summed E-state index contributed by atoms with van der Waals surface area (Å²) in [4.78, 5) is 14.4. The summed E-state index contributed by atoms with van der Waals surface area (Å²) in [6.07, 6.45) is 1.67. The maximum atomic E-state index is 9.18. The minimum atomic E-state index is -0.205. The van der Waals surface area contributed by atoms with E-state index in [1.807, 2.05) is 72.8 Å². The van der Waals surface area contributed by atoms with Crippen molar-refractivity contribution in [3.05, 3.63) is 146 Å². The van der Waals surface area contributed by atoms with E-state index in [2.05, 4.69) is 45.9 Å². The van der Waals surface area contributed by atoms with E-state index in [-0.39, 0.29) is 41.1 Å². The van der Waals surface area contributed by atoms with Crippen molar-refractivity contribution in [2.45, 2.75) is 0 Å². The largest absolute Gasteiger partial charge is 0.293 e. The third-order valence-electron chi connectivity index (χ3n) is 8.09. The van der Waals surface area contributed by atoms with E-state index in [4.69, 9.17) is 12.7 Å². The van der Waals surface area contributed by atoms with Gasteiger partial charge in [0.25, 0.3) is 0 Å². The second kappa shape index (κ2) is 9.33. The second-order valence-electron chi connectivity index (χ2n) is 10.6. The van der Waals surface area contributed by atoms with Gasteiger partial charge in [-0.1, -0.05) is 103 Å². The lowest BCUT2D eigenvalue weighted by atomic mass is 10.0. The van der Waals surface area contributed by atoms with Crippen LogP contribution in [0.3, 0.4) is 0 Å². The minimum absolute atomic E-state index is 0.0511. The first-order valence-electron chi connectivity index (χ1n) is 16.1. The number of pyridine rings is 1. The standard InChI is InChI=1S/C39H24N4/c1-2-10-29-24-36-33(23-28(29)9-1)31-13-4-6-17-35(31)43(36)39-32-14-3-5-16-34(32)41-38(42-39)27-20-18-25(19-21-27)30-15-7-11-26-12-8-22-40-37(26)30/h1-24H/i18D,19D,20D,21D. The quantitative estimate of drug-likeness (QED) is 0.219. The zero-order chi connectivity index (χ0) is 31.8. The number of nitrogens with zero attached hydrogens (tertiary/aromatic N) is 4. The number of hydrogen-bond donors (Lipinski definition) is 0. The summed E-state index contributed by atoms with van der Waals surface area (Å²) in [5.41, 5.74) is 3.98. The number of fused-ring (bicyclic) bond motifs is 6. The molecule has 0 amide bonds. The van der Waals surface area contributed by atoms with Crippen molar-refractivity contribution >= 4 is 54.4 Å². The van der Waals surface area contributed by atoms with Crippen LogP contribution in [0.25, 0.3) is 82.7 Å². The molecule has 9 aromatic rings. The van der Waals surface area contributed by atoms with Crippen LogP contribution in [-0.2, 0) is 0 Å². The number of rotatable bonds is 3. The first kappa shape index (κ1) is 20.1. The van der Waals surface area contributed by atoms with Gasteiger partial charge in [-0.2, -0.15) is 0 Å². The molecule has 200 valence electrons. The van der Waals surface area contributed by atoms with E-state index >= 15 is 0 Å². The third-order valence-corrected chi connectivity index (χ3v) is 8.09. The molecule has 0 spiro atoms. The Morgan fingerprint density at radius 3 is 2.12 bits per heavy atom. The Labute approximate surface area is 253 Å². The maximum Gasteiger partial charge on any atom is 0.162 e. The van der Waals surface area contributed by atoms with Gasteiger partial charge in [0.05, 0.1) is 27.5 Å². The van der Waals surface area contributed by atoms with Gasteiger partial charge in [-0.3, -0.25) is 9.55 Å². The molecular formula is C39H24N4. The highest BCUT2D eigenvalue weighted by Gasteiger charge is 2.18. The summed E-state index contributed by atoms with van der Waals surface area (Å²) in [6, 6.07) is 37.1. The fourth-order valence-corrected chi connectivity index (χ4v) is 6.09. The number of benzene rings is 6. The lowest BCUT2D eigenvalue weighted by molar-refractivity contribution is 1.08. The van der Waals surface area contributed by atoms with Crippen LogP contribution in [-0.4, -0.2) is 19.5 Å². The normalized spacial score (nSPS) is 13.0. The van der Waals surface area contributed by atoms with Crippen LogP contribution in [0.4, 0.5) is 0 Å². The van der Waals surface area contributed by atoms with Crippen molar-refractivity contribution in [3.63, 3.8) is 0 Å². The Morgan fingerprint density at radius 2 is 1.23 bits per heavy atom. The fraction of sp³-hybridized carbons (Fsp3) is 0. The van der Waals surface area contributed by atoms with Crippen molar-refractivity contribution in [2.75, 3.05) is 0 Å². The lowest BCUT2D eigenvalue weighted by Crippen LogP contribution is -2.02. The number of aromatic nitrogens is 4. The molecule has 0 bridgehead atoms. The van der Waals surface area contributed by atoms with Gasteiger partial charge >= 0.3 is 0 Å². The highest BCUT2D eigenvalue weighted by Crippen LogP contribution is 2.37. The first-order chi connectivity index (χ1) is 23.0. The van der Waals surface area contributed by atoms with E-state index < -0.39 is 0 Å². The van der Waals surface area contributed by atoms with Gasteiger partial charge in [-0.05, 0) is 52.7 Å². The number of hydrogen-bond acceptors (Lipinski definition) is 3. The van der Waals surface area contributed by atoms with Crippen LogP contribution in [0.15, 0.2) is 146 Å². The molecule has 9 rings (SSSR count). The van der Waals surface area contributed by atoms with Crippen LogP contribution in [0.5, 0.6) is 0 Å². The zero-order valence-electron chi connectivity index (χ0n) is 26.8. The maximum absolute atomic E-state index is 9.18. The van der Waals surface area contributed by atoms with Gasteiger partial charge in [-0.15, -0.1) is 0 Å². The van der Waals surface area contributed by atoms with Crippen LogP contribution in [0, 0.1) is 0 Å². The van der Waals surface area contributed by atoms with E-state index in [1.165, 1.54) is 0 Å². The topological polar surface area (TPSA) is 43.6 Å². The van der Waals surface area contributed by atoms with Crippen molar-refractivity contribution < 1.29 is 5.48 Å². The summed E-state index contributed by atoms with van der Waals surface area (Å²) in [6.45, 7) is 0. The van der Waals surface area contributed by atoms with E-state index in [0.717, 1.165) is 43.4 Å². The summed E-state index contributed by atoms with van der Waals surface area (Å²) in [7, 11) is 0. The second-order valence-corrected chi connectivity index (χ2v) is 10.6. The molecule has 3 aromatic heterocycles. The van der Waals surface area contributed by atoms with Gasteiger partial charge in [0.15, 0.2) is 5.82 Å². The van der Waals surface area contributed by atoms with Gasteiger partial charge in [0, 0.05) is 38.9 Å². The predicted octanol–water partition coefficient (Wildman–Crippen LogP) is 9.76. The minimum Gasteiger partial charge on any atom is -0.293 e. The van der Waals surface area contributed by atoms with Crippen LogP contribution in [0.1, 0.15) is 5.48 Å². The fourth-order valence-electron chi connectivity index (χ4n) is 6.09. The van der Waals surface area contributed by atoms with E-state index in [0.29, 0.717) is 22.4 Å². The van der Waals surface area contributed by atoms with Crippen molar-refractivity contribution in [2.24, 2.45) is 0 Å². The number of para-hydroxylation sites is 3. The first-order valence-corrected chi connectivity index (χ1v) is 14.1. The molecule has 6 aromatic carbocycles. The predicted molar refractivity (Wildman–Crippen MR) is 178 cm³/mol. The summed E-state index contributed by atoms with van der Waals surface area (Å²) >= 11 is 0. The van der Waals surface area contributed by atoms with Crippen LogP contribution >= 0.6 is 0 Å². The molecule has 3 heterocycles. The molecule has 0 aliphatic rings. The smallest absolute Gasteiger partial charge is 0.162 e. The van der Waals surface area contributed by atoms with Crippen LogP contribution < -0.4 is 0 Å². The van der Waals surface area contributed by atoms with Gasteiger partial charge in [-0.25, -0.2) is 9.97 Å². The molecular weight excluding hydrogens is 524 g/mol. The Hall–Kier alpha value is -5.87. The van der Waals surface area contributed by atoms with E-state index in [9.17, 15) is 2.74 Å². The molecule has 0 fully saturated rings. The van der Waals surface area contributed by atoms with Crippen molar-refractivity contribution in [3.8, 4) is 28.3 Å². The lowest BCUT2D eigenvalue weighted by Gasteiger charge is -2.13. The molecule has 0 atom stereocenters. The monoisotopic (exact) mass is 552 g/mol. The molecule has 0 aliphatic carbocycles. The van der Waals surface area contributed by atoms with Crippen molar-refractivity contribution in [1.82, 2.24) is 19.5 Å². The van der Waals surface area contributed by atoms with Crippen molar-refractivity contribution in [1.29, 1.82) is 0 Å². The Bertz CT molecular complexity index is 2720. The average molecular weight is 553 g/mol. The molecule has 4 nitrogen and oxygen atoms in total. The SMILES string of the molecule is [2H]c1c([2H])c(-c2cccc3cccnc23)c([2H])c([2H])c1-c1nc(-n2c3ccccc3c3cc4ccccc4cc32)c2ccccc2n1. The molecule has 0 radical (unpaired) electrons. The van der Waals surface area contributed by atoms with E-state index in [1.54, 1.807) is 12.3 Å². The zero-order valence-corrected chi connectivity index (χ0v) is 22.8. The van der Waals surface area contributed by atoms with Crippen LogP contribution in [0.2, 0.25) is 0 Å². The third kappa shape index (κ3) is 3.74.